The van der Waals surface area contributed by atoms with Crippen LogP contribution in [0.2, 0.25) is 0 Å². The van der Waals surface area contributed by atoms with Gasteiger partial charge in [0.05, 0.1) is 10.9 Å². The van der Waals surface area contributed by atoms with E-state index in [0.717, 1.165) is 50.8 Å². The zero-order valence-electron chi connectivity index (χ0n) is 28.1. The molecule has 0 spiro atoms. The number of aromatic hydroxyl groups is 1. The molecule has 0 fully saturated rings. The Morgan fingerprint density at radius 2 is 1.65 bits per heavy atom. The lowest BCUT2D eigenvalue weighted by atomic mass is 9.89. The van der Waals surface area contributed by atoms with Gasteiger partial charge in [-0.2, -0.15) is 0 Å². The van der Waals surface area contributed by atoms with Crippen LogP contribution in [-0.2, 0) is 14.3 Å². The van der Waals surface area contributed by atoms with Crippen LogP contribution in [0, 0.1) is 13.8 Å². The van der Waals surface area contributed by atoms with E-state index in [0.29, 0.717) is 29.0 Å². The number of carbonyl (C=O) groups excluding carboxylic acids is 3. The second kappa shape index (κ2) is 15.8. The van der Waals surface area contributed by atoms with Gasteiger partial charge in [-0.25, -0.2) is 4.79 Å². The molecule has 2 aliphatic rings. The highest BCUT2D eigenvalue weighted by Gasteiger charge is 2.24. The molecule has 3 aromatic rings. The largest absolute Gasteiger partial charge is 0.508 e. The van der Waals surface area contributed by atoms with Crippen molar-refractivity contribution in [2.75, 3.05) is 38.1 Å². The van der Waals surface area contributed by atoms with E-state index in [1.165, 1.54) is 18.2 Å². The molecule has 10 heteroatoms. The summed E-state index contributed by atoms with van der Waals surface area (Å²) in [5.74, 6) is -0.696. The minimum Gasteiger partial charge on any atom is -0.508 e. The van der Waals surface area contributed by atoms with E-state index in [1.54, 1.807) is 30.3 Å². The number of rotatable bonds is 12. The Balaban J connectivity index is 1.33. The first-order valence-electron chi connectivity index (χ1n) is 16.2. The molecule has 0 bridgehead atoms. The summed E-state index contributed by atoms with van der Waals surface area (Å²) < 4.78 is 11.9. The molecule has 49 heavy (non-hydrogen) atoms. The summed E-state index contributed by atoms with van der Waals surface area (Å²) in [5, 5.41) is 19.8. The maximum absolute atomic E-state index is 13.5. The third-order valence-corrected chi connectivity index (χ3v) is 7.90. The van der Waals surface area contributed by atoms with Crippen LogP contribution in [0.3, 0.4) is 0 Å². The van der Waals surface area contributed by atoms with Crippen molar-refractivity contribution in [2.45, 2.75) is 27.7 Å². The Hall–Kier alpha value is -5.90. The van der Waals surface area contributed by atoms with Gasteiger partial charge in [0.15, 0.2) is 6.61 Å². The van der Waals surface area contributed by atoms with Gasteiger partial charge < -0.3 is 30.2 Å². The molecule has 0 saturated carbocycles. The van der Waals surface area contributed by atoms with Gasteiger partial charge in [0, 0.05) is 66.6 Å². The molecule has 3 aromatic carbocycles. The van der Waals surface area contributed by atoms with Crippen LogP contribution >= 0.6 is 0 Å². The summed E-state index contributed by atoms with van der Waals surface area (Å²) in [4.78, 5) is 42.8. The van der Waals surface area contributed by atoms with Crippen molar-refractivity contribution in [3.63, 3.8) is 0 Å². The van der Waals surface area contributed by atoms with Gasteiger partial charge in [0.25, 0.3) is 5.91 Å². The molecule has 0 aromatic heterocycles. The van der Waals surface area contributed by atoms with Crippen LogP contribution in [0.15, 0.2) is 88.3 Å². The average Bonchev–Trinajstić information content (AvgIpc) is 3.09. The van der Waals surface area contributed by atoms with E-state index >= 15 is 0 Å². The second-order valence-electron chi connectivity index (χ2n) is 11.5. The van der Waals surface area contributed by atoms with Crippen LogP contribution in [0.1, 0.15) is 40.9 Å². The fourth-order valence-corrected chi connectivity index (χ4v) is 5.54. The number of phenolic OH excluding ortho intramolecular Hbond substituents is 1. The number of nitrogens with zero attached hydrogens (tertiary/aromatic N) is 1. The predicted molar refractivity (Wildman–Crippen MR) is 191 cm³/mol. The molecule has 4 N–H and O–H groups in total. The predicted octanol–water partition coefficient (Wildman–Crippen LogP) is 5.98. The Morgan fingerprint density at radius 1 is 0.898 bits per heavy atom. The van der Waals surface area contributed by atoms with E-state index in [-0.39, 0.29) is 24.7 Å². The second-order valence-corrected chi connectivity index (χ2v) is 11.5. The summed E-state index contributed by atoms with van der Waals surface area (Å²) in [6.45, 7) is 9.28. The fraction of sp³-hybridized carbons (Fsp3) is 0.231. The normalized spacial score (nSPS) is 11.6. The monoisotopic (exact) mass is 660 g/mol. The zero-order chi connectivity index (χ0) is 34.9. The van der Waals surface area contributed by atoms with Gasteiger partial charge >= 0.3 is 5.97 Å². The number of hydrogen-bond donors (Lipinski definition) is 4. The molecule has 2 amide bonds. The van der Waals surface area contributed by atoms with Crippen molar-refractivity contribution in [1.82, 2.24) is 10.6 Å². The topological polar surface area (TPSA) is 142 Å². The molecule has 10 nitrogen and oxygen atoms in total. The molecule has 5 rings (SSSR count). The number of anilines is 1. The van der Waals surface area contributed by atoms with Gasteiger partial charge in [-0.05, 0) is 86.4 Å². The first-order valence-corrected chi connectivity index (χ1v) is 16.2. The Morgan fingerprint density at radius 3 is 2.41 bits per heavy atom. The number of carbonyl (C=O) groups is 3. The highest BCUT2D eigenvalue weighted by atomic mass is 16.5. The third kappa shape index (κ3) is 8.34. The van der Waals surface area contributed by atoms with E-state index in [4.69, 9.17) is 9.15 Å². The summed E-state index contributed by atoms with van der Waals surface area (Å²) >= 11 is 0. The zero-order valence-corrected chi connectivity index (χ0v) is 28.1. The maximum Gasteiger partial charge on any atom is 0.339 e. The molecule has 0 radical (unpaired) electrons. The summed E-state index contributed by atoms with van der Waals surface area (Å²) in [6.07, 6.45) is 2.98. The minimum atomic E-state index is -0.643. The van der Waals surface area contributed by atoms with E-state index in [1.807, 2.05) is 58.0 Å². The fourth-order valence-electron chi connectivity index (χ4n) is 5.54. The van der Waals surface area contributed by atoms with Crippen molar-refractivity contribution in [3.05, 3.63) is 106 Å². The van der Waals surface area contributed by atoms with Crippen LogP contribution in [0.25, 0.3) is 39.5 Å². The van der Waals surface area contributed by atoms with Crippen LogP contribution < -0.4 is 21.3 Å². The third-order valence-electron chi connectivity index (χ3n) is 7.90. The molecule has 0 atom stereocenters. The van der Waals surface area contributed by atoms with Crippen LogP contribution in [0.5, 0.6) is 5.75 Å². The lowest BCUT2D eigenvalue weighted by molar-refractivity contribution is -0.124. The number of amides is 2. The van der Waals surface area contributed by atoms with Crippen molar-refractivity contribution in [1.29, 1.82) is 0 Å². The number of aryl methyl sites for hydroxylation is 2. The molecular weight excluding hydrogens is 620 g/mol. The Bertz CT molecular complexity index is 2060. The van der Waals surface area contributed by atoms with Crippen molar-refractivity contribution in [3.8, 4) is 28.2 Å². The number of nitrogens with one attached hydrogen (secondary N) is 3. The molecule has 1 aliphatic heterocycles. The van der Waals surface area contributed by atoms with Crippen molar-refractivity contribution >= 4 is 40.5 Å². The van der Waals surface area contributed by atoms with Crippen molar-refractivity contribution in [2.24, 2.45) is 4.99 Å². The SMILES string of the molecule is CCN=c1cc2oc3cc(NCC)c(C)cc3c(-c3ccccc3C(=O)OCC(=O)NCCNC(=O)/C=C/c3ccc(O)cc3)c-2cc1C. The minimum absolute atomic E-state index is 0.142. The molecule has 1 heterocycles. The summed E-state index contributed by atoms with van der Waals surface area (Å²) in [5.41, 5.74) is 6.98. The lowest BCUT2D eigenvalue weighted by Crippen LogP contribution is -2.36. The number of benzene rings is 4. The molecule has 0 unspecified atom stereocenters. The quantitative estimate of drug-likeness (QED) is 0.0558. The number of hydrogen-bond acceptors (Lipinski definition) is 8. The smallest absolute Gasteiger partial charge is 0.339 e. The standard InChI is InChI=1S/C39H40N4O6/c1-5-40-32-21-34-30(19-24(32)3)38(31-20-25(4)33(41-6-2)22-35(31)49-34)28-9-7-8-10-29(28)39(47)48-23-37(46)43-18-17-42-36(45)16-13-26-11-14-27(44)15-12-26/h7-16,19-22,40,44H,5-6,17-18,23H2,1-4H3,(H,42,45)(H,43,46)/b16-13+,41-33?. The number of ether oxygens (including phenoxy) is 1. The highest BCUT2D eigenvalue weighted by molar-refractivity contribution is 6.08. The molecule has 1 aliphatic carbocycles. The number of fused-ring (bicyclic) bond motifs is 2. The lowest BCUT2D eigenvalue weighted by Gasteiger charge is -2.19. The Labute approximate surface area is 284 Å². The summed E-state index contributed by atoms with van der Waals surface area (Å²) in [6, 6.07) is 21.6. The van der Waals surface area contributed by atoms with Gasteiger partial charge in [0.2, 0.25) is 5.91 Å². The van der Waals surface area contributed by atoms with E-state index in [2.05, 4.69) is 27.0 Å². The van der Waals surface area contributed by atoms with Crippen molar-refractivity contribution < 1.29 is 28.6 Å². The summed E-state index contributed by atoms with van der Waals surface area (Å²) in [7, 11) is 0. The Kier molecular flexibility index (Phi) is 11.1. The first kappa shape index (κ1) is 34.4. The molecule has 252 valence electrons. The average molecular weight is 661 g/mol. The molecule has 0 saturated heterocycles. The van der Waals surface area contributed by atoms with Gasteiger partial charge in [-0.3, -0.25) is 14.6 Å². The van der Waals surface area contributed by atoms with Gasteiger partial charge in [-0.1, -0.05) is 30.3 Å². The first-order chi connectivity index (χ1) is 23.7. The number of esters is 1. The van der Waals surface area contributed by atoms with Gasteiger partial charge in [-0.15, -0.1) is 0 Å². The van der Waals surface area contributed by atoms with E-state index < -0.39 is 18.5 Å². The molecular formula is C39H40N4O6. The van der Waals surface area contributed by atoms with Crippen LogP contribution in [-0.4, -0.2) is 55.7 Å². The highest BCUT2D eigenvalue weighted by Crippen LogP contribution is 2.43. The number of phenols is 1. The van der Waals surface area contributed by atoms with E-state index in [9.17, 15) is 19.5 Å². The van der Waals surface area contributed by atoms with Crippen LogP contribution in [0.4, 0.5) is 5.69 Å². The van der Waals surface area contributed by atoms with Gasteiger partial charge in [0.1, 0.15) is 17.1 Å². The maximum atomic E-state index is 13.5.